The van der Waals surface area contributed by atoms with Crippen molar-refractivity contribution in [1.29, 1.82) is 0 Å². The Balaban J connectivity index is 1.95. The first kappa shape index (κ1) is 37.6. The minimum atomic E-state index is -1.02. The van der Waals surface area contributed by atoms with Crippen molar-refractivity contribution < 1.29 is 39.3 Å². The van der Waals surface area contributed by atoms with Crippen molar-refractivity contribution in [3.8, 4) is 0 Å². The number of benzene rings is 1. The van der Waals surface area contributed by atoms with Crippen molar-refractivity contribution in [3.63, 3.8) is 0 Å². The van der Waals surface area contributed by atoms with E-state index in [-0.39, 0.29) is 44.5 Å². The Morgan fingerprint density at radius 2 is 1.07 bits per heavy atom. The Labute approximate surface area is 265 Å². The zero-order chi connectivity index (χ0) is 33.2. The molecule has 45 heavy (non-hydrogen) atoms. The van der Waals surface area contributed by atoms with E-state index in [1.807, 2.05) is 4.90 Å². The normalized spacial score (nSPS) is 16.4. The fourth-order valence-corrected chi connectivity index (χ4v) is 5.00. The predicted molar refractivity (Wildman–Crippen MR) is 168 cm³/mol. The van der Waals surface area contributed by atoms with Crippen LogP contribution in [0, 0.1) is 5.92 Å². The quantitative estimate of drug-likeness (QED) is 0.157. The van der Waals surface area contributed by atoms with E-state index < -0.39 is 17.9 Å². The van der Waals surface area contributed by atoms with Crippen LogP contribution < -0.4 is 10.6 Å². The summed E-state index contributed by atoms with van der Waals surface area (Å²) in [5.74, 6) is -2.75. The van der Waals surface area contributed by atoms with Gasteiger partial charge in [-0.1, -0.05) is 38.8 Å². The van der Waals surface area contributed by atoms with Gasteiger partial charge < -0.3 is 26.0 Å². The molecule has 0 radical (unpaired) electrons. The lowest BCUT2D eigenvalue weighted by Crippen LogP contribution is -2.49. The highest BCUT2D eigenvalue weighted by Crippen LogP contribution is 2.07. The van der Waals surface area contributed by atoms with Gasteiger partial charge in [0.1, 0.15) is 0 Å². The second-order valence-corrected chi connectivity index (χ2v) is 11.9. The van der Waals surface area contributed by atoms with Crippen LogP contribution in [0.4, 0.5) is 0 Å². The number of hydrogen-bond acceptors (Lipinski definition) is 9. The molecule has 14 nitrogen and oxygen atoms in total. The summed E-state index contributed by atoms with van der Waals surface area (Å²) in [7, 11) is 0. The summed E-state index contributed by atoms with van der Waals surface area (Å²) in [5.41, 5.74) is 1.38. The summed E-state index contributed by atoms with van der Waals surface area (Å²) < 4.78 is 0. The van der Waals surface area contributed by atoms with Gasteiger partial charge in [-0.05, 0) is 30.0 Å². The topological polar surface area (TPSA) is 183 Å². The Hall–Kier alpha value is -3.59. The molecule has 252 valence electrons. The third kappa shape index (κ3) is 16.9. The van der Waals surface area contributed by atoms with Crippen LogP contribution in [0.3, 0.4) is 0 Å². The fourth-order valence-electron chi connectivity index (χ4n) is 5.00. The maximum Gasteiger partial charge on any atom is 0.317 e. The van der Waals surface area contributed by atoms with Crippen molar-refractivity contribution in [1.82, 2.24) is 30.2 Å². The number of unbranched alkanes of at least 4 members (excludes halogenated alkanes) is 1. The molecular weight excluding hydrogens is 584 g/mol. The van der Waals surface area contributed by atoms with Crippen molar-refractivity contribution in [2.24, 2.45) is 5.92 Å². The molecule has 1 aliphatic rings. The van der Waals surface area contributed by atoms with Crippen LogP contribution in [0.5, 0.6) is 0 Å². The monoisotopic (exact) mass is 634 g/mol. The Morgan fingerprint density at radius 3 is 1.47 bits per heavy atom. The minimum Gasteiger partial charge on any atom is -0.480 e. The molecule has 0 aromatic heterocycles. The number of nitrogens with zero attached hydrogens (tertiary/aromatic N) is 4. The molecule has 0 saturated carbocycles. The number of rotatable bonds is 16. The standard InChI is InChI=1S/C31H50N6O8/c1-24(2)5-3-4-10-32-31(45)26-8-6-25(7-9-26)19-33-27(38)20-34-11-13-35(21-28(39)40)15-17-37(23-30(43)44)18-16-36(14-12-34)22-29(41)42/h6-9,24H,3-5,10-23H2,1-2H3,(H,32,45)(H,33,38)(H,39,40)(H,41,42)(H,43,44). The maximum atomic E-state index is 12.9. The van der Waals surface area contributed by atoms with Crippen molar-refractivity contribution >= 4 is 29.7 Å². The van der Waals surface area contributed by atoms with Crippen molar-refractivity contribution in [3.05, 3.63) is 35.4 Å². The van der Waals surface area contributed by atoms with Gasteiger partial charge in [0.25, 0.3) is 5.91 Å². The average molecular weight is 635 g/mol. The number of carbonyl (C=O) groups is 5. The number of carboxylic acid groups (broad SMARTS) is 3. The molecule has 14 heteroatoms. The lowest BCUT2D eigenvalue weighted by Gasteiger charge is -2.32. The van der Waals surface area contributed by atoms with E-state index in [0.717, 1.165) is 24.8 Å². The lowest BCUT2D eigenvalue weighted by atomic mass is 10.1. The Morgan fingerprint density at radius 1 is 0.644 bits per heavy atom. The van der Waals surface area contributed by atoms with Crippen LogP contribution in [-0.2, 0) is 25.7 Å². The van der Waals surface area contributed by atoms with Crippen LogP contribution >= 0.6 is 0 Å². The second kappa shape index (κ2) is 20.4. The smallest absolute Gasteiger partial charge is 0.317 e. The van der Waals surface area contributed by atoms with Crippen LogP contribution in [0.1, 0.15) is 49.0 Å². The molecule has 1 heterocycles. The van der Waals surface area contributed by atoms with Gasteiger partial charge in [0.2, 0.25) is 5.91 Å². The summed E-state index contributed by atoms with van der Waals surface area (Å²) in [6.07, 6.45) is 3.14. The van der Waals surface area contributed by atoms with E-state index in [2.05, 4.69) is 24.5 Å². The van der Waals surface area contributed by atoms with E-state index in [1.54, 1.807) is 39.0 Å². The first-order valence-electron chi connectivity index (χ1n) is 15.6. The molecule has 0 atom stereocenters. The van der Waals surface area contributed by atoms with Gasteiger partial charge in [-0.25, -0.2) is 0 Å². The van der Waals surface area contributed by atoms with Gasteiger partial charge in [-0.2, -0.15) is 0 Å². The van der Waals surface area contributed by atoms with Gasteiger partial charge in [-0.15, -0.1) is 0 Å². The molecule has 0 aliphatic carbocycles. The van der Waals surface area contributed by atoms with Crippen LogP contribution in [0.25, 0.3) is 0 Å². The summed E-state index contributed by atoms with van der Waals surface area (Å²) in [6.45, 7) is 7.23. The maximum absolute atomic E-state index is 12.9. The Kier molecular flexibility index (Phi) is 17.1. The predicted octanol–water partition coefficient (Wildman–Crippen LogP) is 0.334. The summed E-state index contributed by atoms with van der Waals surface area (Å²) >= 11 is 0. The van der Waals surface area contributed by atoms with Gasteiger partial charge in [0, 0.05) is 71.0 Å². The highest BCUT2D eigenvalue weighted by molar-refractivity contribution is 5.94. The SMILES string of the molecule is CC(C)CCCCNC(=O)c1ccc(CNC(=O)CN2CCN(CC(=O)O)CCN(CC(=O)O)CCN(CC(=O)O)CC2)cc1. The van der Waals surface area contributed by atoms with Gasteiger partial charge in [0.15, 0.2) is 0 Å². The molecule has 0 bridgehead atoms. The fraction of sp³-hybridized carbons (Fsp3) is 0.645. The molecule has 0 spiro atoms. The van der Waals surface area contributed by atoms with Gasteiger partial charge in [-0.3, -0.25) is 43.6 Å². The summed E-state index contributed by atoms with van der Waals surface area (Å²) in [4.78, 5) is 66.6. The van der Waals surface area contributed by atoms with Crippen LogP contribution in [0.15, 0.2) is 24.3 Å². The van der Waals surface area contributed by atoms with Gasteiger partial charge in [0.05, 0.1) is 26.2 Å². The molecule has 0 unspecified atom stereocenters. The van der Waals surface area contributed by atoms with Gasteiger partial charge >= 0.3 is 17.9 Å². The summed E-state index contributed by atoms with van der Waals surface area (Å²) in [6, 6.07) is 7.05. The average Bonchev–Trinajstić information content (AvgIpc) is 2.96. The minimum absolute atomic E-state index is 0.0320. The second-order valence-electron chi connectivity index (χ2n) is 11.9. The molecule has 2 amide bonds. The first-order valence-corrected chi connectivity index (χ1v) is 15.6. The molecule has 1 saturated heterocycles. The van der Waals surface area contributed by atoms with E-state index in [9.17, 15) is 39.3 Å². The molecule has 1 aromatic rings. The highest BCUT2D eigenvalue weighted by Gasteiger charge is 2.21. The van der Waals surface area contributed by atoms with E-state index in [4.69, 9.17) is 0 Å². The zero-order valence-electron chi connectivity index (χ0n) is 26.6. The first-order chi connectivity index (χ1) is 21.4. The molecule has 1 aromatic carbocycles. The molecule has 1 fully saturated rings. The highest BCUT2D eigenvalue weighted by atomic mass is 16.4. The van der Waals surface area contributed by atoms with Crippen molar-refractivity contribution in [2.75, 3.05) is 85.1 Å². The Bertz CT molecular complexity index is 1070. The third-order valence-corrected chi connectivity index (χ3v) is 7.57. The van der Waals surface area contributed by atoms with E-state index in [0.29, 0.717) is 70.4 Å². The number of carbonyl (C=O) groups excluding carboxylic acids is 2. The van der Waals surface area contributed by atoms with Crippen LogP contribution in [0.2, 0.25) is 0 Å². The third-order valence-electron chi connectivity index (χ3n) is 7.57. The van der Waals surface area contributed by atoms with Crippen LogP contribution in [-0.4, -0.2) is 150 Å². The molecule has 5 N–H and O–H groups in total. The largest absolute Gasteiger partial charge is 0.480 e. The molecular formula is C31H50N6O8. The number of aliphatic carboxylic acids is 3. The number of hydrogen-bond donors (Lipinski definition) is 5. The number of carboxylic acids is 3. The number of amides is 2. The van der Waals surface area contributed by atoms with E-state index >= 15 is 0 Å². The van der Waals surface area contributed by atoms with E-state index in [1.165, 1.54) is 0 Å². The molecule has 2 rings (SSSR count). The lowest BCUT2D eigenvalue weighted by molar-refractivity contribution is -0.140. The number of nitrogens with one attached hydrogen (secondary N) is 2. The van der Waals surface area contributed by atoms with Crippen molar-refractivity contribution in [2.45, 2.75) is 39.7 Å². The zero-order valence-corrected chi connectivity index (χ0v) is 26.6. The summed E-state index contributed by atoms with van der Waals surface area (Å²) in [5, 5.41) is 33.9. The molecule has 1 aliphatic heterocycles.